The number of nitriles is 1. The van der Waals surface area contributed by atoms with Gasteiger partial charge in [-0.1, -0.05) is 12.8 Å². The summed E-state index contributed by atoms with van der Waals surface area (Å²) < 4.78 is 0. The largest absolute Gasteiger partial charge is 0.295 e. The smallest absolute Gasteiger partial charge is 0.233 e. The lowest BCUT2D eigenvalue weighted by molar-refractivity contribution is -0.146. The quantitative estimate of drug-likeness (QED) is 0.780. The van der Waals surface area contributed by atoms with E-state index in [1.807, 2.05) is 6.07 Å². The number of amides is 2. The molecule has 126 valence electrons. The average Bonchev–Trinajstić information content (AvgIpc) is 3.10. The lowest BCUT2D eigenvalue weighted by Crippen LogP contribution is -2.45. The molecule has 1 aromatic rings. The van der Waals surface area contributed by atoms with Crippen molar-refractivity contribution >= 4 is 28.9 Å². The molecule has 1 saturated carbocycles. The van der Waals surface area contributed by atoms with Crippen LogP contribution in [0.15, 0.2) is 5.38 Å². The zero-order chi connectivity index (χ0) is 17.4. The van der Waals surface area contributed by atoms with Gasteiger partial charge >= 0.3 is 0 Å². The molecule has 1 aliphatic heterocycles. The van der Waals surface area contributed by atoms with Gasteiger partial charge in [0.2, 0.25) is 11.8 Å². The van der Waals surface area contributed by atoms with Crippen molar-refractivity contribution in [1.29, 1.82) is 5.26 Å². The Hall–Kier alpha value is -2.07. The number of aromatic nitrogens is 1. The Labute approximate surface area is 144 Å². The molecule has 6 nitrogen and oxygen atoms in total. The predicted octanol–water partition coefficient (Wildman–Crippen LogP) is 2.19. The van der Waals surface area contributed by atoms with Crippen LogP contribution in [0.3, 0.4) is 0 Å². The molecule has 1 aliphatic carbocycles. The summed E-state index contributed by atoms with van der Waals surface area (Å²) in [6.45, 7) is 3.33. The maximum Gasteiger partial charge on any atom is 0.233 e. The maximum absolute atomic E-state index is 12.8. The second-order valence-corrected chi connectivity index (χ2v) is 7.40. The van der Waals surface area contributed by atoms with Crippen LogP contribution in [-0.4, -0.2) is 33.5 Å². The molecule has 3 rings (SSSR count). The van der Waals surface area contributed by atoms with Crippen LogP contribution in [0.1, 0.15) is 49.2 Å². The third-order valence-corrected chi connectivity index (χ3v) is 6.00. The second-order valence-electron chi connectivity index (χ2n) is 6.51. The average molecular weight is 345 g/mol. The number of carbonyl (C=O) groups excluding carboxylic acids is 3. The highest BCUT2D eigenvalue weighted by atomic mass is 32.1. The normalized spacial score (nSPS) is 26.0. The number of rotatable bonds is 4. The van der Waals surface area contributed by atoms with E-state index in [2.05, 4.69) is 4.98 Å². The van der Waals surface area contributed by atoms with E-state index in [1.54, 1.807) is 19.2 Å². The molecule has 1 aromatic heterocycles. The number of hydrogen-bond acceptors (Lipinski definition) is 6. The topological polar surface area (TPSA) is 91.1 Å². The van der Waals surface area contributed by atoms with Crippen molar-refractivity contribution in [2.24, 2.45) is 11.8 Å². The Kier molecular flexibility index (Phi) is 4.50. The lowest BCUT2D eigenvalue weighted by atomic mass is 9.81. The van der Waals surface area contributed by atoms with Crippen LogP contribution in [-0.2, 0) is 14.4 Å². The van der Waals surface area contributed by atoms with Crippen molar-refractivity contribution in [3.63, 3.8) is 0 Å². The van der Waals surface area contributed by atoms with E-state index in [9.17, 15) is 19.6 Å². The van der Waals surface area contributed by atoms with Crippen molar-refractivity contribution in [3.05, 3.63) is 16.1 Å². The van der Waals surface area contributed by atoms with E-state index in [0.29, 0.717) is 17.8 Å². The Balaban J connectivity index is 1.84. The van der Waals surface area contributed by atoms with Crippen LogP contribution in [0.4, 0.5) is 0 Å². The molecular formula is C17H19N3O3S. The third-order valence-electron chi connectivity index (χ3n) is 4.97. The van der Waals surface area contributed by atoms with E-state index < -0.39 is 17.7 Å². The number of likely N-dealkylation sites (tertiary alicyclic amines) is 1. The fourth-order valence-electron chi connectivity index (χ4n) is 3.68. The van der Waals surface area contributed by atoms with Gasteiger partial charge in [0, 0.05) is 11.1 Å². The molecule has 1 saturated heterocycles. The molecule has 0 N–H and O–H groups in total. The van der Waals surface area contributed by atoms with Crippen LogP contribution >= 0.6 is 11.3 Å². The zero-order valence-electron chi connectivity index (χ0n) is 13.7. The molecule has 2 aliphatic rings. The summed E-state index contributed by atoms with van der Waals surface area (Å²) in [4.78, 5) is 43.3. The van der Waals surface area contributed by atoms with Gasteiger partial charge in [0.1, 0.15) is 5.01 Å². The van der Waals surface area contributed by atoms with Crippen LogP contribution < -0.4 is 0 Å². The summed E-state index contributed by atoms with van der Waals surface area (Å²) in [7, 11) is 0. The SMILES string of the molecule is Cc1csc(C(C#N)C(=O)C(C)N2C(=O)C3CCCCC3C2=O)n1. The minimum Gasteiger partial charge on any atom is -0.295 e. The molecule has 2 amide bonds. The number of aryl methyl sites for hydroxylation is 1. The number of hydrogen-bond donors (Lipinski definition) is 0. The first kappa shape index (κ1) is 16.8. The van der Waals surface area contributed by atoms with E-state index in [-0.39, 0.29) is 23.7 Å². The van der Waals surface area contributed by atoms with Crippen molar-refractivity contribution in [2.75, 3.05) is 0 Å². The Morgan fingerprint density at radius 2 is 1.92 bits per heavy atom. The number of thiazole rings is 1. The highest BCUT2D eigenvalue weighted by Gasteiger charge is 2.51. The van der Waals surface area contributed by atoms with Crippen molar-refractivity contribution in [1.82, 2.24) is 9.88 Å². The second kappa shape index (κ2) is 6.44. The number of fused-ring (bicyclic) bond motifs is 1. The monoisotopic (exact) mass is 345 g/mol. The van der Waals surface area contributed by atoms with Gasteiger partial charge in [0.15, 0.2) is 11.7 Å². The van der Waals surface area contributed by atoms with Gasteiger partial charge in [-0.25, -0.2) is 4.98 Å². The molecule has 2 fully saturated rings. The molecule has 0 bridgehead atoms. The minimum absolute atomic E-state index is 0.252. The molecular weight excluding hydrogens is 326 g/mol. The Morgan fingerprint density at radius 3 is 2.38 bits per heavy atom. The molecule has 4 unspecified atom stereocenters. The first-order valence-corrected chi connectivity index (χ1v) is 9.06. The first-order valence-electron chi connectivity index (χ1n) is 8.18. The van der Waals surface area contributed by atoms with Gasteiger partial charge in [0.25, 0.3) is 0 Å². The van der Waals surface area contributed by atoms with Crippen molar-refractivity contribution in [2.45, 2.75) is 51.5 Å². The van der Waals surface area contributed by atoms with Gasteiger partial charge < -0.3 is 0 Å². The van der Waals surface area contributed by atoms with Gasteiger partial charge in [0.05, 0.1) is 23.9 Å². The number of carbonyl (C=O) groups is 3. The molecule has 0 spiro atoms. The van der Waals surface area contributed by atoms with Crippen LogP contribution in [0.2, 0.25) is 0 Å². The van der Waals surface area contributed by atoms with Crippen LogP contribution in [0, 0.1) is 30.1 Å². The maximum atomic E-state index is 12.8. The number of ketones is 1. The predicted molar refractivity (Wildman–Crippen MR) is 87.0 cm³/mol. The van der Waals surface area contributed by atoms with Gasteiger partial charge in [-0.3, -0.25) is 19.3 Å². The standard InChI is InChI=1S/C17H19N3O3S/c1-9-8-24-15(19-9)13(7-18)14(21)10(2)20-16(22)11-5-3-4-6-12(11)17(20)23/h8,10-13H,3-6H2,1-2H3. The fourth-order valence-corrected chi connectivity index (χ4v) is 4.53. The molecule has 0 radical (unpaired) electrons. The van der Waals surface area contributed by atoms with Crippen molar-refractivity contribution in [3.8, 4) is 6.07 Å². The van der Waals surface area contributed by atoms with Crippen molar-refractivity contribution < 1.29 is 14.4 Å². The molecule has 0 aromatic carbocycles. The van der Waals surface area contributed by atoms with E-state index >= 15 is 0 Å². The molecule has 7 heteroatoms. The van der Waals surface area contributed by atoms with E-state index in [4.69, 9.17) is 0 Å². The van der Waals surface area contributed by atoms with Gasteiger partial charge in [-0.2, -0.15) is 5.26 Å². The fraction of sp³-hybridized carbons (Fsp3) is 0.588. The zero-order valence-corrected chi connectivity index (χ0v) is 14.5. The first-order chi connectivity index (χ1) is 11.5. The van der Waals surface area contributed by atoms with E-state index in [0.717, 1.165) is 23.4 Å². The Bertz CT molecular complexity index is 712. The number of imide groups is 1. The summed E-state index contributed by atoms with van der Waals surface area (Å²) in [5.41, 5.74) is 0.745. The Morgan fingerprint density at radius 1 is 1.33 bits per heavy atom. The highest BCUT2D eigenvalue weighted by Crippen LogP contribution is 2.39. The van der Waals surface area contributed by atoms with Crippen LogP contribution in [0.5, 0.6) is 0 Å². The van der Waals surface area contributed by atoms with E-state index in [1.165, 1.54) is 11.3 Å². The molecule has 2 heterocycles. The summed E-state index contributed by atoms with van der Waals surface area (Å²) in [5, 5.41) is 11.6. The lowest BCUT2D eigenvalue weighted by Gasteiger charge is -2.23. The highest BCUT2D eigenvalue weighted by molar-refractivity contribution is 7.09. The number of Topliss-reactive ketones (excluding diaryl/α,β-unsaturated/α-hetero) is 1. The third kappa shape index (κ3) is 2.65. The number of nitrogens with zero attached hydrogens (tertiary/aromatic N) is 3. The minimum atomic E-state index is -1.04. The van der Waals surface area contributed by atoms with Gasteiger partial charge in [-0.15, -0.1) is 11.3 Å². The van der Waals surface area contributed by atoms with Crippen LogP contribution in [0.25, 0.3) is 0 Å². The molecule has 24 heavy (non-hydrogen) atoms. The molecule has 4 atom stereocenters. The summed E-state index contributed by atoms with van der Waals surface area (Å²) in [5.74, 6) is -2.56. The van der Waals surface area contributed by atoms with Gasteiger partial charge in [-0.05, 0) is 26.7 Å². The summed E-state index contributed by atoms with van der Waals surface area (Å²) in [6.07, 6.45) is 3.30. The summed E-state index contributed by atoms with van der Waals surface area (Å²) in [6, 6.07) is 1.05. The summed E-state index contributed by atoms with van der Waals surface area (Å²) >= 11 is 1.25.